The molecule has 0 aliphatic carbocycles. The van der Waals surface area contributed by atoms with Crippen LogP contribution in [0.2, 0.25) is 0 Å². The van der Waals surface area contributed by atoms with Crippen LogP contribution < -0.4 is 47.7 Å². The van der Waals surface area contributed by atoms with Crippen molar-refractivity contribution in [1.82, 2.24) is 66.6 Å². The van der Waals surface area contributed by atoms with Crippen LogP contribution in [0.5, 0.6) is 5.75 Å². The Hall–Kier alpha value is -9.86. The van der Waals surface area contributed by atoms with Crippen LogP contribution in [0.4, 0.5) is 4.39 Å². The second-order valence-corrected chi connectivity index (χ2v) is 26.5. The van der Waals surface area contributed by atoms with Gasteiger partial charge in [-0.2, -0.15) is 0 Å². The highest BCUT2D eigenvalue weighted by atomic mass is 19.1. The number of carbonyl (C=O) groups is 9. The number of carbonyl (C=O) groups excluding carboxylic acids is 9. The Morgan fingerprint density at radius 2 is 1.51 bits per heavy atom. The van der Waals surface area contributed by atoms with E-state index >= 15 is 28.4 Å². The molecule has 99 heavy (non-hydrogen) atoms. The second kappa shape index (κ2) is 31.8. The van der Waals surface area contributed by atoms with Crippen LogP contribution in [0.3, 0.4) is 0 Å². The summed E-state index contributed by atoms with van der Waals surface area (Å²) in [5.41, 5.74) is 10.7. The molecule has 2 fully saturated rings. The lowest BCUT2D eigenvalue weighted by Gasteiger charge is -2.37. The molecule has 0 unspecified atom stereocenters. The third-order valence-electron chi connectivity index (χ3n) is 19.4. The molecule has 0 spiro atoms. The van der Waals surface area contributed by atoms with Gasteiger partial charge >= 0.3 is 0 Å². The van der Waals surface area contributed by atoms with Crippen molar-refractivity contribution in [2.75, 3.05) is 39.9 Å². The fourth-order valence-electron chi connectivity index (χ4n) is 14.0. The topological polar surface area (TPSA) is 345 Å². The summed E-state index contributed by atoms with van der Waals surface area (Å²) in [5, 5.41) is 41.2. The highest BCUT2D eigenvalue weighted by molar-refractivity contribution is 5.99. The lowest BCUT2D eigenvalue weighted by molar-refractivity contribution is -0.147. The standard InChI is InChI=1S/C72H87FN14O12/c1-43(88)63-67(93)80-56(33-45-17-21-53(98-3)22-18-45)70(96)87-28-10-26-72(87,2)71(97)75-27-24-46-16-19-48-38-76-61(89)14-5-4-6-15-62(90)77-58(37-74)66(92)78-55-34-47-13-9-12-44(31-47)11-7-8-30-99-60-25-29-86(64(60)68(94)81-63)69(95)57(79-65(55)91)35-50-39-84(59-23-20-51(73)36-54(50)59)41-52-42-85(83-82-52)40-49(48)32-46/h7-9,12-13,16-23,31-32,36,39,42-43,55-58,60,63-64,88H,4-6,10-11,14-15,24-30,33-35,37-38,40-41,74H2,1-3H3,(H,75,97)(H,76,89)(H,77,90)(H,78,92)(H,79,91)(H,80,93)(H,81,94)/b8-7+/t43-,55+,56+,57+,58-,60+,63+,64+,72+/m1/s1. The summed E-state index contributed by atoms with van der Waals surface area (Å²) in [6.45, 7) is 3.23. The van der Waals surface area contributed by atoms with Gasteiger partial charge in [-0.05, 0) is 128 Å². The van der Waals surface area contributed by atoms with E-state index in [1.165, 1.54) is 36.0 Å². The molecule has 6 aromatic rings. The van der Waals surface area contributed by atoms with E-state index in [9.17, 15) is 24.3 Å². The van der Waals surface area contributed by atoms with E-state index in [1.807, 2.05) is 41.0 Å². The first kappa shape index (κ1) is 70.5. The highest BCUT2D eigenvalue weighted by Gasteiger charge is 2.49. The SMILES string of the molecule is COc1ccc(C[C@@H]2NC(=O)[C@H]([C@@H](C)O)NC(=O)[C@@H]3[C@@H]4CCN3C(=O)[C@@H]3Cc5cn(c6ccc(F)cc56)Cc5cn(nn5)Cc5cc(ccc5CNC(=O)CCCCCC(=O)N[C@H](CN)C(=O)N[C@@H](Cc5cccc(c5)C/C=C/CO4)C(=O)N3)CCNC(=O)[C@]3(C)CCCN3C2=O)cc1. The van der Waals surface area contributed by atoms with Gasteiger partial charge in [-0.3, -0.25) is 43.2 Å². The molecule has 27 heteroatoms. The molecule has 10 N–H and O–H groups in total. The molecular formula is C72H87FN14O12. The van der Waals surface area contributed by atoms with Crippen molar-refractivity contribution in [3.05, 3.63) is 160 Å². The summed E-state index contributed by atoms with van der Waals surface area (Å²) in [5.74, 6) is -6.11. The Balaban J connectivity index is 1.04. The molecule has 7 heterocycles. The number of allylic oxidation sites excluding steroid dienone is 1. The van der Waals surface area contributed by atoms with Crippen LogP contribution >= 0.6 is 0 Å². The van der Waals surface area contributed by atoms with Gasteiger partial charge in [0.25, 0.3) is 0 Å². The number of benzene rings is 4. The number of ether oxygens (including phenoxy) is 2. The number of hydrogen-bond donors (Lipinski definition) is 9. The maximum Gasteiger partial charge on any atom is 0.246 e. The predicted octanol–water partition coefficient (Wildman–Crippen LogP) is 2.00. The zero-order chi connectivity index (χ0) is 69.9. The van der Waals surface area contributed by atoms with Gasteiger partial charge in [0.15, 0.2) is 0 Å². The van der Waals surface area contributed by atoms with Gasteiger partial charge in [-0.25, -0.2) is 9.07 Å². The van der Waals surface area contributed by atoms with Crippen LogP contribution in [-0.2, 0) is 99.6 Å². The summed E-state index contributed by atoms with van der Waals surface area (Å²) < 4.78 is 31.1. The van der Waals surface area contributed by atoms with Crippen molar-refractivity contribution in [2.45, 2.75) is 171 Å². The number of methoxy groups -OCH3 is 1. The van der Waals surface area contributed by atoms with E-state index in [4.69, 9.17) is 15.2 Å². The third kappa shape index (κ3) is 17.0. The summed E-state index contributed by atoms with van der Waals surface area (Å²) in [4.78, 5) is 136. The molecule has 26 nitrogen and oxygen atoms in total. The fourth-order valence-corrected chi connectivity index (χ4v) is 14.0. The molecule has 9 amide bonds. The number of amides is 9. The number of rotatable bonds is 5. The number of nitrogens with one attached hydrogen (secondary N) is 7. The van der Waals surface area contributed by atoms with E-state index in [-0.39, 0.29) is 96.9 Å². The maximum absolute atomic E-state index is 16.1. The highest BCUT2D eigenvalue weighted by Crippen LogP contribution is 2.32. The molecule has 0 radical (unpaired) electrons. The van der Waals surface area contributed by atoms with Crippen molar-refractivity contribution in [3.63, 3.8) is 0 Å². The van der Waals surface area contributed by atoms with E-state index in [2.05, 4.69) is 47.5 Å². The van der Waals surface area contributed by atoms with Gasteiger partial charge in [0.05, 0.1) is 45.2 Å². The molecule has 11 rings (SSSR count). The van der Waals surface area contributed by atoms with Crippen molar-refractivity contribution in [1.29, 1.82) is 0 Å². The summed E-state index contributed by atoms with van der Waals surface area (Å²) >= 11 is 0. The van der Waals surface area contributed by atoms with Crippen molar-refractivity contribution in [2.24, 2.45) is 5.73 Å². The lowest BCUT2D eigenvalue weighted by Crippen LogP contribution is -2.64. The molecule has 4 aromatic carbocycles. The molecule has 5 aliphatic rings. The Bertz CT molecular complexity index is 4020. The summed E-state index contributed by atoms with van der Waals surface area (Å²) in [6.07, 6.45) is 7.00. The first-order valence-corrected chi connectivity index (χ1v) is 34.0. The second-order valence-electron chi connectivity index (χ2n) is 26.5. The maximum atomic E-state index is 16.1. The van der Waals surface area contributed by atoms with Gasteiger partial charge in [0, 0.05) is 81.9 Å². The average Bonchev–Trinajstić information content (AvgIpc) is 1.68. The first-order valence-electron chi connectivity index (χ1n) is 34.0. The number of aliphatic hydroxyl groups excluding tert-OH is 1. The van der Waals surface area contributed by atoms with Crippen LogP contribution in [-0.4, -0.2) is 182 Å². The van der Waals surface area contributed by atoms with Crippen molar-refractivity contribution in [3.8, 4) is 5.75 Å². The number of fused-ring (bicyclic) bond motifs is 7. The summed E-state index contributed by atoms with van der Waals surface area (Å²) in [6, 6.07) is 15.2. The Morgan fingerprint density at radius 1 is 0.717 bits per heavy atom. The molecule has 2 aromatic heterocycles. The Morgan fingerprint density at radius 3 is 2.29 bits per heavy atom. The predicted molar refractivity (Wildman–Crippen MR) is 361 cm³/mol. The smallest absolute Gasteiger partial charge is 0.246 e. The minimum Gasteiger partial charge on any atom is -0.497 e. The number of nitrogens with zero attached hydrogens (tertiary/aromatic N) is 6. The zero-order valence-corrected chi connectivity index (χ0v) is 55.9. The van der Waals surface area contributed by atoms with Crippen molar-refractivity contribution < 1.29 is 62.1 Å². The van der Waals surface area contributed by atoms with Gasteiger partial charge in [-0.1, -0.05) is 78.4 Å². The number of nitrogens with two attached hydrogens (primary N) is 1. The molecule has 524 valence electrons. The zero-order valence-electron chi connectivity index (χ0n) is 55.9. The van der Waals surface area contributed by atoms with Gasteiger partial charge in [0.1, 0.15) is 59.1 Å². The van der Waals surface area contributed by atoms with E-state index in [1.54, 1.807) is 72.5 Å². The number of aromatic nitrogens is 4. The molecule has 9 atom stereocenters. The largest absolute Gasteiger partial charge is 0.497 e. The quantitative estimate of drug-likeness (QED) is 0.112. The van der Waals surface area contributed by atoms with E-state index in [0.717, 1.165) is 22.3 Å². The van der Waals surface area contributed by atoms with Crippen LogP contribution in [0.15, 0.2) is 109 Å². The number of hydrogen-bond acceptors (Lipinski definition) is 15. The lowest BCUT2D eigenvalue weighted by atomic mass is 9.95. The van der Waals surface area contributed by atoms with Gasteiger partial charge in [0.2, 0.25) is 53.2 Å². The number of halogens is 1. The van der Waals surface area contributed by atoms with Gasteiger partial charge < -0.3 is 71.9 Å². The normalized spacial score (nSPS) is 25.4. The van der Waals surface area contributed by atoms with Crippen LogP contribution in [0, 0.1) is 5.82 Å². The monoisotopic (exact) mass is 1360 g/mol. The molecule has 0 saturated carbocycles. The number of aliphatic hydroxyl groups is 1. The third-order valence-corrected chi connectivity index (χ3v) is 19.4. The first-order chi connectivity index (χ1) is 47.7. The molecule has 5 aliphatic heterocycles. The molecule has 2 saturated heterocycles. The van der Waals surface area contributed by atoms with E-state index in [0.29, 0.717) is 84.0 Å². The fraction of sp³-hybridized carbons (Fsp3) is 0.458. The van der Waals surface area contributed by atoms with E-state index < -0.39 is 107 Å². The molecular weight excluding hydrogens is 1270 g/mol. The minimum atomic E-state index is -1.76. The van der Waals surface area contributed by atoms with Gasteiger partial charge in [-0.15, -0.1) is 5.10 Å². The van der Waals surface area contributed by atoms with Crippen LogP contribution in [0.25, 0.3) is 10.9 Å². The Kier molecular flexibility index (Phi) is 22.6. The summed E-state index contributed by atoms with van der Waals surface area (Å²) in [7, 11) is 1.51. The Labute approximate surface area is 572 Å². The molecule has 13 bridgehead atoms. The minimum absolute atomic E-state index is 0.00159. The van der Waals surface area contributed by atoms with Crippen molar-refractivity contribution >= 4 is 64.1 Å². The average molecular weight is 1360 g/mol. The van der Waals surface area contributed by atoms with Crippen LogP contribution in [0.1, 0.15) is 110 Å².